The van der Waals surface area contributed by atoms with Crippen molar-refractivity contribution in [2.45, 2.75) is 13.3 Å². The SMILES string of the molecule is CC1CC1CN(C)c1ncc(C(=O)O)cc1[N+](=O)[O-]. The van der Waals surface area contributed by atoms with E-state index >= 15 is 0 Å². The van der Waals surface area contributed by atoms with Crippen molar-refractivity contribution < 1.29 is 14.8 Å². The molecule has 2 atom stereocenters. The molecule has 0 aromatic carbocycles. The molecule has 7 heteroatoms. The molecule has 19 heavy (non-hydrogen) atoms. The van der Waals surface area contributed by atoms with E-state index in [9.17, 15) is 14.9 Å². The highest BCUT2D eigenvalue weighted by molar-refractivity contribution is 5.88. The molecule has 1 fully saturated rings. The number of carbonyl (C=O) groups is 1. The number of carboxylic acids is 1. The van der Waals surface area contributed by atoms with Gasteiger partial charge in [-0.15, -0.1) is 0 Å². The molecule has 1 aromatic rings. The third kappa shape index (κ3) is 2.81. The van der Waals surface area contributed by atoms with E-state index in [1.54, 1.807) is 11.9 Å². The zero-order valence-electron chi connectivity index (χ0n) is 10.7. The first-order valence-corrected chi connectivity index (χ1v) is 5.99. The highest BCUT2D eigenvalue weighted by Crippen LogP contribution is 2.39. The van der Waals surface area contributed by atoms with Gasteiger partial charge in [-0.05, 0) is 18.3 Å². The van der Waals surface area contributed by atoms with Crippen molar-refractivity contribution in [3.05, 3.63) is 27.9 Å². The Bertz CT molecular complexity index is 532. The fourth-order valence-corrected chi connectivity index (χ4v) is 2.08. The number of hydrogen-bond acceptors (Lipinski definition) is 5. The highest BCUT2D eigenvalue weighted by atomic mass is 16.6. The Morgan fingerprint density at radius 3 is 2.79 bits per heavy atom. The van der Waals surface area contributed by atoms with E-state index in [-0.39, 0.29) is 17.1 Å². The van der Waals surface area contributed by atoms with Gasteiger partial charge in [-0.2, -0.15) is 0 Å². The number of nitrogens with zero attached hydrogens (tertiary/aromatic N) is 3. The summed E-state index contributed by atoms with van der Waals surface area (Å²) in [5, 5.41) is 19.8. The number of anilines is 1. The predicted octanol–water partition coefficient (Wildman–Crippen LogP) is 1.78. The third-order valence-electron chi connectivity index (χ3n) is 3.44. The van der Waals surface area contributed by atoms with Crippen molar-refractivity contribution in [1.29, 1.82) is 0 Å². The maximum atomic E-state index is 11.0. The Hall–Kier alpha value is -2.18. The van der Waals surface area contributed by atoms with Crippen molar-refractivity contribution in [3.8, 4) is 0 Å². The molecule has 0 bridgehead atoms. The van der Waals surface area contributed by atoms with Crippen molar-refractivity contribution >= 4 is 17.5 Å². The summed E-state index contributed by atoms with van der Waals surface area (Å²) in [5.74, 6) is 0.167. The third-order valence-corrected chi connectivity index (χ3v) is 3.44. The second kappa shape index (κ2) is 4.83. The average Bonchev–Trinajstić information content (AvgIpc) is 3.03. The van der Waals surface area contributed by atoms with Gasteiger partial charge >= 0.3 is 11.7 Å². The van der Waals surface area contributed by atoms with Gasteiger partial charge in [0.15, 0.2) is 0 Å². The van der Waals surface area contributed by atoms with E-state index in [1.165, 1.54) is 0 Å². The lowest BCUT2D eigenvalue weighted by Gasteiger charge is -2.17. The summed E-state index contributed by atoms with van der Waals surface area (Å²) in [5.41, 5.74) is -0.445. The molecule has 102 valence electrons. The van der Waals surface area contributed by atoms with Gasteiger partial charge in [-0.25, -0.2) is 9.78 Å². The molecular weight excluding hydrogens is 250 g/mol. The second-order valence-electron chi connectivity index (χ2n) is 4.98. The lowest BCUT2D eigenvalue weighted by molar-refractivity contribution is -0.384. The molecule has 7 nitrogen and oxygen atoms in total. The molecule has 0 radical (unpaired) electrons. The van der Waals surface area contributed by atoms with Gasteiger partial charge in [-0.3, -0.25) is 10.1 Å². The van der Waals surface area contributed by atoms with Crippen LogP contribution in [-0.2, 0) is 0 Å². The fraction of sp³-hybridized carbons (Fsp3) is 0.500. The van der Waals surface area contributed by atoms with Gasteiger partial charge in [0.1, 0.15) is 0 Å². The Balaban J connectivity index is 2.27. The first-order valence-electron chi connectivity index (χ1n) is 5.99. The first-order chi connectivity index (χ1) is 8.90. The summed E-state index contributed by atoms with van der Waals surface area (Å²) < 4.78 is 0. The predicted molar refractivity (Wildman–Crippen MR) is 68.4 cm³/mol. The molecule has 1 aliphatic carbocycles. The Morgan fingerprint density at radius 2 is 2.32 bits per heavy atom. The topological polar surface area (TPSA) is 96.6 Å². The summed E-state index contributed by atoms with van der Waals surface area (Å²) >= 11 is 0. The van der Waals surface area contributed by atoms with Gasteiger partial charge in [0.2, 0.25) is 5.82 Å². The van der Waals surface area contributed by atoms with Crippen LogP contribution in [0, 0.1) is 22.0 Å². The van der Waals surface area contributed by atoms with Crippen molar-refractivity contribution in [1.82, 2.24) is 4.98 Å². The molecule has 0 aliphatic heterocycles. The lowest BCUT2D eigenvalue weighted by Crippen LogP contribution is -2.23. The molecule has 1 heterocycles. The lowest BCUT2D eigenvalue weighted by atomic mass is 10.2. The summed E-state index contributed by atoms with van der Waals surface area (Å²) in [6.45, 7) is 2.83. The molecule has 1 aliphatic rings. The van der Waals surface area contributed by atoms with Crippen LogP contribution in [0.1, 0.15) is 23.7 Å². The second-order valence-corrected chi connectivity index (χ2v) is 4.98. The molecule has 2 unspecified atom stereocenters. The maximum Gasteiger partial charge on any atom is 0.337 e. The molecule has 0 amide bonds. The number of rotatable bonds is 5. The molecule has 1 aromatic heterocycles. The van der Waals surface area contributed by atoms with Crippen LogP contribution in [0.2, 0.25) is 0 Å². The zero-order chi connectivity index (χ0) is 14.2. The number of aromatic carboxylic acids is 1. The first kappa shape index (κ1) is 13.3. The summed E-state index contributed by atoms with van der Waals surface area (Å²) in [7, 11) is 1.74. The van der Waals surface area contributed by atoms with Crippen LogP contribution < -0.4 is 4.90 Å². The van der Waals surface area contributed by atoms with Crippen molar-refractivity contribution in [3.63, 3.8) is 0 Å². The van der Waals surface area contributed by atoms with Gasteiger partial charge in [0.25, 0.3) is 0 Å². The average molecular weight is 265 g/mol. The van der Waals surface area contributed by atoms with E-state index in [1.807, 2.05) is 0 Å². The highest BCUT2D eigenvalue weighted by Gasteiger charge is 2.34. The molecule has 0 spiro atoms. The number of nitro groups is 1. The van der Waals surface area contributed by atoms with Crippen LogP contribution in [0.3, 0.4) is 0 Å². The van der Waals surface area contributed by atoms with Crippen LogP contribution in [0.4, 0.5) is 11.5 Å². The van der Waals surface area contributed by atoms with E-state index in [4.69, 9.17) is 5.11 Å². The zero-order valence-corrected chi connectivity index (χ0v) is 10.7. The normalized spacial score (nSPS) is 20.9. The minimum absolute atomic E-state index is 0.177. The fourth-order valence-electron chi connectivity index (χ4n) is 2.08. The standard InChI is InChI=1S/C12H15N3O4/c1-7-3-9(7)6-14(2)11-10(15(18)19)4-8(5-13-11)12(16)17/h4-5,7,9H,3,6H2,1-2H3,(H,16,17). The molecule has 2 rings (SSSR count). The number of hydrogen-bond donors (Lipinski definition) is 1. The van der Waals surface area contributed by atoms with Crippen LogP contribution in [-0.4, -0.2) is 34.6 Å². The van der Waals surface area contributed by atoms with E-state index in [0.29, 0.717) is 18.4 Å². The molecule has 0 saturated heterocycles. The minimum Gasteiger partial charge on any atom is -0.478 e. The number of carboxylic acid groups (broad SMARTS) is 1. The van der Waals surface area contributed by atoms with Crippen LogP contribution in [0.25, 0.3) is 0 Å². The Morgan fingerprint density at radius 1 is 1.68 bits per heavy atom. The molecule has 1 N–H and O–H groups in total. The number of aromatic nitrogens is 1. The largest absolute Gasteiger partial charge is 0.478 e. The number of pyridine rings is 1. The molecule has 1 saturated carbocycles. The monoisotopic (exact) mass is 265 g/mol. The quantitative estimate of drug-likeness (QED) is 0.643. The van der Waals surface area contributed by atoms with Crippen molar-refractivity contribution in [2.75, 3.05) is 18.5 Å². The van der Waals surface area contributed by atoms with E-state index < -0.39 is 10.9 Å². The van der Waals surface area contributed by atoms with Crippen LogP contribution >= 0.6 is 0 Å². The molecular formula is C12H15N3O4. The Labute approximate surface area is 110 Å². The smallest absolute Gasteiger partial charge is 0.337 e. The van der Waals surface area contributed by atoms with Gasteiger partial charge in [0, 0.05) is 25.9 Å². The summed E-state index contributed by atoms with van der Waals surface area (Å²) in [6.07, 6.45) is 2.27. The van der Waals surface area contributed by atoms with Gasteiger partial charge in [0.05, 0.1) is 10.5 Å². The van der Waals surface area contributed by atoms with Gasteiger partial charge < -0.3 is 10.0 Å². The van der Waals surface area contributed by atoms with E-state index in [2.05, 4.69) is 11.9 Å². The van der Waals surface area contributed by atoms with Gasteiger partial charge in [-0.1, -0.05) is 6.92 Å². The maximum absolute atomic E-state index is 11.0. The Kier molecular flexibility index (Phi) is 3.37. The summed E-state index contributed by atoms with van der Waals surface area (Å²) in [6, 6.07) is 1.05. The van der Waals surface area contributed by atoms with Crippen LogP contribution in [0.15, 0.2) is 12.3 Å². The van der Waals surface area contributed by atoms with Crippen LogP contribution in [0.5, 0.6) is 0 Å². The van der Waals surface area contributed by atoms with E-state index in [0.717, 1.165) is 18.7 Å². The minimum atomic E-state index is -1.22. The summed E-state index contributed by atoms with van der Waals surface area (Å²) in [4.78, 5) is 26.9. The van der Waals surface area contributed by atoms with Crippen molar-refractivity contribution in [2.24, 2.45) is 11.8 Å².